The van der Waals surface area contributed by atoms with Gasteiger partial charge < -0.3 is 15.4 Å². The first-order chi connectivity index (χ1) is 10.0. The first-order valence-electron chi connectivity index (χ1n) is 6.86. The van der Waals surface area contributed by atoms with Crippen molar-refractivity contribution in [1.82, 2.24) is 0 Å². The van der Waals surface area contributed by atoms with Gasteiger partial charge in [-0.3, -0.25) is 0 Å². The van der Waals surface area contributed by atoms with E-state index in [2.05, 4.69) is 23.1 Å². The number of nitrogens with two attached hydrogens (primary N) is 1. The molecule has 0 aliphatic rings. The average molecular weight is 305 g/mol. The highest BCUT2D eigenvalue weighted by molar-refractivity contribution is 6.30. The van der Waals surface area contributed by atoms with Gasteiger partial charge >= 0.3 is 0 Å². The van der Waals surface area contributed by atoms with Crippen LogP contribution in [0.1, 0.15) is 17.2 Å². The number of rotatable bonds is 5. The van der Waals surface area contributed by atoms with Crippen molar-refractivity contribution in [3.8, 4) is 5.75 Å². The monoisotopic (exact) mass is 304 g/mol. The van der Waals surface area contributed by atoms with Crippen molar-refractivity contribution in [3.05, 3.63) is 58.6 Å². The third kappa shape index (κ3) is 3.90. The van der Waals surface area contributed by atoms with Crippen LogP contribution in [-0.4, -0.2) is 21.2 Å². The average Bonchev–Trinajstić information content (AvgIpc) is 2.47. The molecule has 0 bridgehead atoms. The number of halogens is 1. The van der Waals surface area contributed by atoms with Gasteiger partial charge in [0.15, 0.2) is 0 Å². The molecule has 0 aliphatic heterocycles. The molecule has 2 rings (SSSR count). The van der Waals surface area contributed by atoms with Gasteiger partial charge in [-0.2, -0.15) is 0 Å². The summed E-state index contributed by atoms with van der Waals surface area (Å²) in [6, 6.07) is 13.8. The zero-order valence-electron chi connectivity index (χ0n) is 12.6. The Morgan fingerprint density at radius 1 is 1.19 bits per heavy atom. The summed E-state index contributed by atoms with van der Waals surface area (Å²) in [5, 5.41) is 0.694. The Bertz CT molecular complexity index is 613. The smallest absolute Gasteiger partial charge is 0.122 e. The Kier molecular flexibility index (Phi) is 5.10. The van der Waals surface area contributed by atoms with E-state index < -0.39 is 0 Å². The van der Waals surface area contributed by atoms with E-state index in [1.165, 1.54) is 0 Å². The summed E-state index contributed by atoms with van der Waals surface area (Å²) in [7, 11) is 5.69. The molecule has 0 radical (unpaired) electrons. The fourth-order valence-electron chi connectivity index (χ4n) is 2.30. The zero-order chi connectivity index (χ0) is 15.4. The van der Waals surface area contributed by atoms with Crippen LogP contribution in [-0.2, 0) is 6.42 Å². The Morgan fingerprint density at radius 3 is 2.62 bits per heavy atom. The lowest BCUT2D eigenvalue weighted by atomic mass is 9.98. The standard InChI is InChI=1S/C17H21ClN2O/c1-20(2)15-6-4-5-12(10-15)16(19)11-13-9-14(18)7-8-17(13)21-3/h4-10,16H,11,19H2,1-3H3. The minimum atomic E-state index is -0.0998. The van der Waals surface area contributed by atoms with Crippen LogP contribution < -0.4 is 15.4 Å². The lowest BCUT2D eigenvalue weighted by Crippen LogP contribution is -2.15. The van der Waals surface area contributed by atoms with Crippen LogP contribution in [0.2, 0.25) is 5.02 Å². The summed E-state index contributed by atoms with van der Waals surface area (Å²) in [6.07, 6.45) is 0.681. The molecule has 21 heavy (non-hydrogen) atoms. The Hall–Kier alpha value is -1.71. The SMILES string of the molecule is COc1ccc(Cl)cc1CC(N)c1cccc(N(C)C)c1. The van der Waals surface area contributed by atoms with Gasteiger partial charge in [0, 0.05) is 30.8 Å². The maximum atomic E-state index is 6.35. The molecule has 3 nitrogen and oxygen atoms in total. The lowest BCUT2D eigenvalue weighted by Gasteiger charge is -2.18. The fraction of sp³-hybridized carbons (Fsp3) is 0.294. The van der Waals surface area contributed by atoms with Crippen molar-refractivity contribution in [3.63, 3.8) is 0 Å². The van der Waals surface area contributed by atoms with Crippen LogP contribution >= 0.6 is 11.6 Å². The van der Waals surface area contributed by atoms with Crippen molar-refractivity contribution < 1.29 is 4.74 Å². The molecule has 0 heterocycles. The minimum absolute atomic E-state index is 0.0998. The quantitative estimate of drug-likeness (QED) is 0.916. The molecule has 2 aromatic rings. The van der Waals surface area contributed by atoms with Crippen LogP contribution in [0.15, 0.2) is 42.5 Å². The van der Waals surface area contributed by atoms with E-state index in [0.29, 0.717) is 11.4 Å². The number of anilines is 1. The summed E-state index contributed by atoms with van der Waals surface area (Å²) >= 11 is 6.07. The summed E-state index contributed by atoms with van der Waals surface area (Å²) < 4.78 is 5.38. The second-order valence-corrected chi connectivity index (χ2v) is 5.69. The van der Waals surface area contributed by atoms with Crippen LogP contribution in [0.5, 0.6) is 5.75 Å². The molecule has 112 valence electrons. The summed E-state index contributed by atoms with van der Waals surface area (Å²) in [5.41, 5.74) is 9.61. The zero-order valence-corrected chi connectivity index (χ0v) is 13.4. The minimum Gasteiger partial charge on any atom is -0.496 e. The van der Waals surface area contributed by atoms with E-state index in [1.807, 2.05) is 38.4 Å². The van der Waals surface area contributed by atoms with E-state index in [9.17, 15) is 0 Å². The van der Waals surface area contributed by atoms with E-state index in [0.717, 1.165) is 22.6 Å². The first-order valence-corrected chi connectivity index (χ1v) is 7.24. The number of hydrogen-bond acceptors (Lipinski definition) is 3. The Labute approximate surface area is 131 Å². The normalized spacial score (nSPS) is 12.0. The highest BCUT2D eigenvalue weighted by atomic mass is 35.5. The number of hydrogen-bond donors (Lipinski definition) is 1. The van der Waals surface area contributed by atoms with E-state index in [1.54, 1.807) is 7.11 Å². The Morgan fingerprint density at radius 2 is 1.95 bits per heavy atom. The predicted molar refractivity (Wildman–Crippen MR) is 89.4 cm³/mol. The van der Waals surface area contributed by atoms with Crippen molar-refractivity contribution in [2.45, 2.75) is 12.5 Å². The van der Waals surface area contributed by atoms with E-state index >= 15 is 0 Å². The number of benzene rings is 2. The van der Waals surface area contributed by atoms with Gasteiger partial charge in [-0.05, 0) is 47.9 Å². The second-order valence-electron chi connectivity index (χ2n) is 5.26. The maximum absolute atomic E-state index is 6.35. The molecule has 2 aromatic carbocycles. The van der Waals surface area contributed by atoms with Gasteiger partial charge in [0.05, 0.1) is 7.11 Å². The van der Waals surface area contributed by atoms with Gasteiger partial charge in [0.2, 0.25) is 0 Å². The van der Waals surface area contributed by atoms with Crippen molar-refractivity contribution in [2.75, 3.05) is 26.1 Å². The van der Waals surface area contributed by atoms with Gasteiger partial charge in [0.1, 0.15) is 5.75 Å². The molecule has 1 atom stereocenters. The van der Waals surface area contributed by atoms with Crippen LogP contribution in [0.3, 0.4) is 0 Å². The molecule has 2 N–H and O–H groups in total. The van der Waals surface area contributed by atoms with E-state index in [4.69, 9.17) is 22.1 Å². The highest BCUT2D eigenvalue weighted by Crippen LogP contribution is 2.28. The summed E-state index contributed by atoms with van der Waals surface area (Å²) in [4.78, 5) is 2.07. The van der Waals surface area contributed by atoms with Crippen LogP contribution in [0.25, 0.3) is 0 Å². The van der Waals surface area contributed by atoms with Gasteiger partial charge in [0.25, 0.3) is 0 Å². The number of methoxy groups -OCH3 is 1. The maximum Gasteiger partial charge on any atom is 0.122 e. The third-order valence-electron chi connectivity index (χ3n) is 3.50. The first kappa shape index (κ1) is 15.7. The predicted octanol–water partition coefficient (Wildman–Crippen LogP) is 3.66. The van der Waals surface area contributed by atoms with Gasteiger partial charge in [-0.15, -0.1) is 0 Å². The Balaban J connectivity index is 2.23. The molecule has 0 amide bonds. The third-order valence-corrected chi connectivity index (χ3v) is 3.73. The topological polar surface area (TPSA) is 38.5 Å². The molecule has 4 heteroatoms. The molecule has 1 unspecified atom stereocenters. The number of nitrogens with zero attached hydrogens (tertiary/aromatic N) is 1. The van der Waals surface area contributed by atoms with Crippen molar-refractivity contribution in [1.29, 1.82) is 0 Å². The molecular formula is C17H21ClN2O. The molecule has 0 saturated carbocycles. The highest BCUT2D eigenvalue weighted by Gasteiger charge is 2.12. The fourth-order valence-corrected chi connectivity index (χ4v) is 2.49. The molecule has 0 aliphatic carbocycles. The summed E-state index contributed by atoms with van der Waals surface area (Å²) in [6.45, 7) is 0. The van der Waals surface area contributed by atoms with Crippen LogP contribution in [0.4, 0.5) is 5.69 Å². The molecule has 0 fully saturated rings. The molecule has 0 saturated heterocycles. The molecular weight excluding hydrogens is 284 g/mol. The second kappa shape index (κ2) is 6.83. The molecule has 0 aromatic heterocycles. The summed E-state index contributed by atoms with van der Waals surface area (Å²) in [5.74, 6) is 0.818. The van der Waals surface area contributed by atoms with Crippen molar-refractivity contribution in [2.24, 2.45) is 5.73 Å². The van der Waals surface area contributed by atoms with Crippen molar-refractivity contribution >= 4 is 17.3 Å². The van der Waals surface area contributed by atoms with Crippen LogP contribution in [0, 0.1) is 0 Å². The van der Waals surface area contributed by atoms with Gasteiger partial charge in [-0.1, -0.05) is 23.7 Å². The van der Waals surface area contributed by atoms with E-state index in [-0.39, 0.29) is 6.04 Å². The molecule has 0 spiro atoms. The number of ether oxygens (including phenoxy) is 1. The lowest BCUT2D eigenvalue weighted by molar-refractivity contribution is 0.408. The van der Waals surface area contributed by atoms with Gasteiger partial charge in [-0.25, -0.2) is 0 Å². The largest absolute Gasteiger partial charge is 0.496 e.